The molecule has 4 N–H and O–H groups in total. The van der Waals surface area contributed by atoms with Gasteiger partial charge in [0.15, 0.2) is 11.1 Å². The van der Waals surface area contributed by atoms with Gasteiger partial charge in [0.1, 0.15) is 0 Å². The quantitative estimate of drug-likeness (QED) is 0.330. The number of hydrogen-bond acceptors (Lipinski definition) is 3. The van der Waals surface area contributed by atoms with Crippen LogP contribution in [-0.2, 0) is 6.42 Å². The molecule has 0 unspecified atom stereocenters. The second-order valence-corrected chi connectivity index (χ2v) is 5.41. The number of aliphatic imine (C=N–C) groups is 1. The van der Waals surface area contributed by atoms with Crippen LogP contribution in [-0.4, -0.2) is 28.6 Å². The summed E-state index contributed by atoms with van der Waals surface area (Å²) >= 11 is 5.16. The summed E-state index contributed by atoms with van der Waals surface area (Å²) in [6.45, 7) is 2.87. The topological polar surface area (TPSA) is 75.3 Å². The van der Waals surface area contributed by atoms with Crippen LogP contribution in [0.1, 0.15) is 30.5 Å². The van der Waals surface area contributed by atoms with Gasteiger partial charge in [-0.15, -0.1) is 0 Å². The molecule has 0 saturated heterocycles. The van der Waals surface area contributed by atoms with Gasteiger partial charge in [-0.05, 0) is 56.5 Å². The first-order valence-corrected chi connectivity index (χ1v) is 7.34. The maximum atomic E-state index is 5.73. The number of nitrogens with one attached hydrogen (secondary N) is 2. The van der Waals surface area contributed by atoms with Crippen molar-refractivity contribution in [2.75, 3.05) is 6.54 Å². The van der Waals surface area contributed by atoms with Gasteiger partial charge < -0.3 is 16.4 Å². The van der Waals surface area contributed by atoms with Gasteiger partial charge in [0.25, 0.3) is 0 Å². The van der Waals surface area contributed by atoms with E-state index in [2.05, 4.69) is 33.6 Å². The Kier molecular flexibility index (Phi) is 5.29. The average Bonchev–Trinajstić information content (AvgIpc) is 3.20. The molecular formula is C14H21N5S. The highest BCUT2D eigenvalue weighted by Crippen LogP contribution is 2.22. The van der Waals surface area contributed by atoms with Gasteiger partial charge >= 0.3 is 0 Å². The van der Waals surface area contributed by atoms with Crippen LogP contribution in [0.3, 0.4) is 0 Å². The lowest BCUT2D eigenvalue weighted by atomic mass is 10.1. The summed E-state index contributed by atoms with van der Waals surface area (Å²) in [4.78, 5) is 8.63. The van der Waals surface area contributed by atoms with E-state index in [-0.39, 0.29) is 0 Å². The van der Waals surface area contributed by atoms with E-state index in [1.54, 1.807) is 0 Å². The van der Waals surface area contributed by atoms with E-state index in [0.29, 0.717) is 17.1 Å². The smallest absolute Gasteiger partial charge is 0.195 e. The summed E-state index contributed by atoms with van der Waals surface area (Å²) in [5.74, 6) is 0.408. The molecule has 0 aliphatic heterocycles. The van der Waals surface area contributed by atoms with Crippen LogP contribution < -0.4 is 16.4 Å². The summed E-state index contributed by atoms with van der Waals surface area (Å²) in [7, 11) is 0. The fourth-order valence-corrected chi connectivity index (χ4v) is 2.04. The van der Waals surface area contributed by atoms with Crippen LogP contribution in [0.5, 0.6) is 0 Å². The number of aromatic nitrogens is 1. The van der Waals surface area contributed by atoms with Crippen molar-refractivity contribution >= 4 is 23.3 Å². The van der Waals surface area contributed by atoms with Gasteiger partial charge in [0, 0.05) is 18.4 Å². The zero-order chi connectivity index (χ0) is 14.4. The number of pyridine rings is 1. The molecule has 0 amide bonds. The van der Waals surface area contributed by atoms with E-state index in [1.807, 2.05) is 12.3 Å². The summed E-state index contributed by atoms with van der Waals surface area (Å²) in [6.07, 6.45) is 6.00. The van der Waals surface area contributed by atoms with Crippen molar-refractivity contribution in [2.24, 2.45) is 10.7 Å². The number of hydrogen-bond donors (Lipinski definition) is 3. The Morgan fingerprint density at radius 3 is 3.05 bits per heavy atom. The molecule has 108 valence electrons. The van der Waals surface area contributed by atoms with Gasteiger partial charge in [-0.1, -0.05) is 6.07 Å². The van der Waals surface area contributed by atoms with Gasteiger partial charge in [-0.25, -0.2) is 4.99 Å². The Hall–Kier alpha value is -1.69. The predicted molar refractivity (Wildman–Crippen MR) is 85.7 cm³/mol. The molecule has 20 heavy (non-hydrogen) atoms. The molecule has 0 bridgehead atoms. The first-order chi connectivity index (χ1) is 9.65. The SMILES string of the molecule is Cc1cccnc1CCCNC(=S)NC(N)=NC1CC1. The van der Waals surface area contributed by atoms with Gasteiger partial charge in [-0.3, -0.25) is 4.98 Å². The standard InChI is InChI=1S/C14H21N5S/c1-10-4-2-8-16-12(10)5-3-9-17-14(20)19-13(15)18-11-6-7-11/h2,4,8,11H,3,5-7,9H2,1H3,(H4,15,17,18,19,20). The van der Waals surface area contributed by atoms with Gasteiger partial charge in [-0.2, -0.15) is 0 Å². The lowest BCUT2D eigenvalue weighted by Crippen LogP contribution is -2.43. The Labute approximate surface area is 125 Å². The third-order valence-corrected chi connectivity index (χ3v) is 3.35. The molecule has 1 fully saturated rings. The van der Waals surface area contributed by atoms with Crippen LogP contribution in [0.15, 0.2) is 23.3 Å². The second kappa shape index (κ2) is 7.19. The molecule has 1 aromatic heterocycles. The monoisotopic (exact) mass is 291 g/mol. The normalized spacial score (nSPS) is 14.9. The highest BCUT2D eigenvalue weighted by Gasteiger charge is 2.20. The minimum absolute atomic E-state index is 0.400. The largest absolute Gasteiger partial charge is 0.370 e. The summed E-state index contributed by atoms with van der Waals surface area (Å²) in [5, 5.41) is 6.55. The molecule has 0 spiro atoms. The minimum Gasteiger partial charge on any atom is -0.370 e. The zero-order valence-corrected chi connectivity index (χ0v) is 12.5. The number of aryl methyl sites for hydroxylation is 2. The van der Waals surface area contributed by atoms with E-state index in [0.717, 1.165) is 37.9 Å². The molecule has 0 radical (unpaired) electrons. The summed E-state index contributed by atoms with van der Waals surface area (Å²) in [5.41, 5.74) is 8.10. The maximum absolute atomic E-state index is 5.73. The minimum atomic E-state index is 0.400. The lowest BCUT2D eigenvalue weighted by molar-refractivity contribution is 0.753. The molecule has 1 aromatic rings. The van der Waals surface area contributed by atoms with Crippen molar-refractivity contribution in [2.45, 2.75) is 38.6 Å². The van der Waals surface area contributed by atoms with E-state index < -0.39 is 0 Å². The molecule has 5 nitrogen and oxygen atoms in total. The van der Waals surface area contributed by atoms with Gasteiger partial charge in [0.2, 0.25) is 0 Å². The number of rotatable bonds is 5. The Bertz CT molecular complexity index is 496. The van der Waals surface area contributed by atoms with Gasteiger partial charge in [0.05, 0.1) is 6.04 Å². The molecule has 1 saturated carbocycles. The van der Waals surface area contributed by atoms with E-state index in [9.17, 15) is 0 Å². The molecule has 0 aromatic carbocycles. The van der Waals surface area contributed by atoms with Crippen LogP contribution in [0.2, 0.25) is 0 Å². The molecular weight excluding hydrogens is 270 g/mol. The fraction of sp³-hybridized carbons (Fsp3) is 0.500. The molecule has 1 heterocycles. The Morgan fingerprint density at radius 1 is 1.55 bits per heavy atom. The average molecular weight is 291 g/mol. The summed E-state index contributed by atoms with van der Waals surface area (Å²) < 4.78 is 0. The number of nitrogens with zero attached hydrogens (tertiary/aromatic N) is 2. The van der Waals surface area contributed by atoms with Crippen molar-refractivity contribution < 1.29 is 0 Å². The number of guanidine groups is 1. The third kappa shape index (κ3) is 5.13. The maximum Gasteiger partial charge on any atom is 0.195 e. The highest BCUT2D eigenvalue weighted by molar-refractivity contribution is 7.80. The van der Waals surface area contributed by atoms with Crippen LogP contribution in [0, 0.1) is 6.92 Å². The predicted octanol–water partition coefficient (Wildman–Crippen LogP) is 1.26. The van der Waals surface area contributed by atoms with Crippen LogP contribution in [0.25, 0.3) is 0 Å². The van der Waals surface area contributed by atoms with E-state index in [1.165, 1.54) is 5.56 Å². The highest BCUT2D eigenvalue weighted by atomic mass is 32.1. The zero-order valence-electron chi connectivity index (χ0n) is 11.7. The second-order valence-electron chi connectivity index (χ2n) is 5.00. The number of thiocarbonyl (C=S) groups is 1. The van der Waals surface area contributed by atoms with Crippen molar-refractivity contribution in [3.8, 4) is 0 Å². The fourth-order valence-electron chi connectivity index (χ4n) is 1.83. The number of nitrogens with two attached hydrogens (primary N) is 1. The van der Waals surface area contributed by atoms with Crippen molar-refractivity contribution in [3.63, 3.8) is 0 Å². The van der Waals surface area contributed by atoms with E-state index in [4.69, 9.17) is 18.0 Å². The molecule has 1 aliphatic carbocycles. The Balaban J connectivity index is 1.63. The van der Waals surface area contributed by atoms with Crippen molar-refractivity contribution in [1.82, 2.24) is 15.6 Å². The van der Waals surface area contributed by atoms with Crippen LogP contribution >= 0.6 is 12.2 Å². The Morgan fingerprint density at radius 2 is 2.35 bits per heavy atom. The lowest BCUT2D eigenvalue weighted by Gasteiger charge is -2.10. The van der Waals surface area contributed by atoms with Crippen LogP contribution in [0.4, 0.5) is 0 Å². The molecule has 2 rings (SSSR count). The first kappa shape index (κ1) is 14.7. The molecule has 0 atom stereocenters. The van der Waals surface area contributed by atoms with E-state index >= 15 is 0 Å². The molecule has 1 aliphatic rings. The van der Waals surface area contributed by atoms with Crippen molar-refractivity contribution in [1.29, 1.82) is 0 Å². The third-order valence-electron chi connectivity index (χ3n) is 3.10. The van der Waals surface area contributed by atoms with Crippen molar-refractivity contribution in [3.05, 3.63) is 29.6 Å². The molecule has 6 heteroatoms. The first-order valence-electron chi connectivity index (χ1n) is 6.94. The summed E-state index contributed by atoms with van der Waals surface area (Å²) in [6, 6.07) is 4.44.